The Kier molecular flexibility index (Phi) is 2.83. The van der Waals surface area contributed by atoms with Crippen LogP contribution >= 0.6 is 0 Å². The van der Waals surface area contributed by atoms with Crippen LogP contribution in [0.15, 0.2) is 47.5 Å². The number of aryl methyl sites for hydroxylation is 1. The van der Waals surface area contributed by atoms with Gasteiger partial charge in [-0.25, -0.2) is 4.99 Å². The van der Waals surface area contributed by atoms with Gasteiger partial charge >= 0.3 is 0 Å². The zero-order chi connectivity index (χ0) is 13.2. The van der Waals surface area contributed by atoms with Crippen molar-refractivity contribution in [3.63, 3.8) is 0 Å². The quantitative estimate of drug-likeness (QED) is 0.768. The highest BCUT2D eigenvalue weighted by Crippen LogP contribution is 2.32. The van der Waals surface area contributed by atoms with Gasteiger partial charge in [0.25, 0.3) is 0 Å². The van der Waals surface area contributed by atoms with Gasteiger partial charge in [0.05, 0.1) is 0 Å². The van der Waals surface area contributed by atoms with Crippen LogP contribution in [0.1, 0.15) is 5.56 Å². The normalized spacial score (nSPS) is 13.2. The van der Waals surface area contributed by atoms with Crippen molar-refractivity contribution in [3.05, 3.63) is 48.0 Å². The Morgan fingerprint density at radius 1 is 1.16 bits per heavy atom. The largest absolute Gasteiger partial charge is 0.483 e. The smallest absolute Gasteiger partial charge is 0.147 e. The van der Waals surface area contributed by atoms with Crippen molar-refractivity contribution in [1.82, 2.24) is 0 Å². The number of hydrogen-bond acceptors (Lipinski definition) is 4. The Morgan fingerprint density at radius 2 is 1.95 bits per heavy atom. The third kappa shape index (κ3) is 2.52. The lowest BCUT2D eigenvalue weighted by atomic mass is 10.2. The first-order valence-electron chi connectivity index (χ1n) is 6.14. The highest BCUT2D eigenvalue weighted by Gasteiger charge is 2.13. The minimum Gasteiger partial charge on any atom is -0.483 e. The first-order valence-corrected chi connectivity index (χ1v) is 6.14. The SMILES string of the molecule is Cc1ccc(NC2=Nc3ccc(N)cc3OC2)cc1. The van der Waals surface area contributed by atoms with E-state index in [0.29, 0.717) is 12.3 Å². The van der Waals surface area contributed by atoms with Gasteiger partial charge in [-0.05, 0) is 31.2 Å². The van der Waals surface area contributed by atoms with Gasteiger partial charge in [-0.1, -0.05) is 17.7 Å². The summed E-state index contributed by atoms with van der Waals surface area (Å²) in [7, 11) is 0. The first kappa shape index (κ1) is 11.6. The van der Waals surface area contributed by atoms with Gasteiger partial charge in [-0.3, -0.25) is 0 Å². The van der Waals surface area contributed by atoms with E-state index >= 15 is 0 Å². The van der Waals surface area contributed by atoms with E-state index in [1.807, 2.05) is 24.3 Å². The van der Waals surface area contributed by atoms with E-state index in [1.165, 1.54) is 5.56 Å². The van der Waals surface area contributed by atoms with Crippen molar-refractivity contribution in [2.24, 2.45) is 4.99 Å². The highest BCUT2D eigenvalue weighted by molar-refractivity contribution is 5.99. The summed E-state index contributed by atoms with van der Waals surface area (Å²) in [6.07, 6.45) is 0. The number of nitrogen functional groups attached to an aromatic ring is 1. The second-order valence-corrected chi connectivity index (χ2v) is 4.57. The molecule has 2 aromatic carbocycles. The van der Waals surface area contributed by atoms with Crippen molar-refractivity contribution in [3.8, 4) is 5.75 Å². The van der Waals surface area contributed by atoms with Gasteiger partial charge in [-0.2, -0.15) is 0 Å². The maximum Gasteiger partial charge on any atom is 0.147 e. The summed E-state index contributed by atoms with van der Waals surface area (Å²) in [6, 6.07) is 13.6. The monoisotopic (exact) mass is 253 g/mol. The molecule has 2 aromatic rings. The predicted octanol–water partition coefficient (Wildman–Crippen LogP) is 3.11. The number of nitrogens with zero attached hydrogens (tertiary/aromatic N) is 1. The second-order valence-electron chi connectivity index (χ2n) is 4.57. The third-order valence-corrected chi connectivity index (χ3v) is 2.94. The molecule has 0 amide bonds. The Bertz CT molecular complexity index is 632. The summed E-state index contributed by atoms with van der Waals surface area (Å²) in [5.74, 6) is 1.52. The molecule has 0 saturated heterocycles. The molecule has 3 rings (SSSR count). The van der Waals surface area contributed by atoms with Crippen LogP contribution in [0.3, 0.4) is 0 Å². The average Bonchev–Trinajstić information content (AvgIpc) is 2.42. The van der Waals surface area contributed by atoms with Crippen LogP contribution in [-0.2, 0) is 0 Å². The number of nitrogens with two attached hydrogens (primary N) is 1. The molecule has 4 nitrogen and oxygen atoms in total. The van der Waals surface area contributed by atoms with Gasteiger partial charge in [-0.15, -0.1) is 0 Å². The molecule has 0 unspecified atom stereocenters. The third-order valence-electron chi connectivity index (χ3n) is 2.94. The van der Waals surface area contributed by atoms with Gasteiger partial charge in [0.1, 0.15) is 23.9 Å². The van der Waals surface area contributed by atoms with E-state index < -0.39 is 0 Å². The number of amidine groups is 1. The number of fused-ring (bicyclic) bond motifs is 1. The number of nitrogens with one attached hydrogen (secondary N) is 1. The summed E-state index contributed by atoms with van der Waals surface area (Å²) < 4.78 is 5.64. The first-order chi connectivity index (χ1) is 9.20. The molecule has 96 valence electrons. The van der Waals surface area contributed by atoms with E-state index in [2.05, 4.69) is 29.4 Å². The highest BCUT2D eigenvalue weighted by atomic mass is 16.5. The van der Waals surface area contributed by atoms with Crippen LogP contribution in [0.25, 0.3) is 0 Å². The molecule has 4 heteroatoms. The van der Waals surface area contributed by atoms with Crippen LogP contribution in [0, 0.1) is 6.92 Å². The van der Waals surface area contributed by atoms with Crippen molar-refractivity contribution >= 4 is 22.9 Å². The lowest BCUT2D eigenvalue weighted by Gasteiger charge is -2.18. The van der Waals surface area contributed by atoms with Crippen molar-refractivity contribution in [2.45, 2.75) is 6.92 Å². The van der Waals surface area contributed by atoms with E-state index in [0.717, 1.165) is 23.0 Å². The van der Waals surface area contributed by atoms with E-state index in [1.54, 1.807) is 6.07 Å². The van der Waals surface area contributed by atoms with Crippen molar-refractivity contribution in [2.75, 3.05) is 17.7 Å². The number of rotatable bonds is 1. The zero-order valence-electron chi connectivity index (χ0n) is 10.7. The lowest BCUT2D eigenvalue weighted by molar-refractivity contribution is 0.372. The molecule has 0 radical (unpaired) electrons. The summed E-state index contributed by atoms with van der Waals surface area (Å²) in [5.41, 5.74) is 9.43. The fraction of sp³-hybridized carbons (Fsp3) is 0.133. The van der Waals surface area contributed by atoms with Crippen LogP contribution in [-0.4, -0.2) is 12.4 Å². The van der Waals surface area contributed by atoms with Crippen molar-refractivity contribution in [1.29, 1.82) is 0 Å². The average molecular weight is 253 g/mol. The summed E-state index contributed by atoms with van der Waals surface area (Å²) in [6.45, 7) is 2.48. The lowest BCUT2D eigenvalue weighted by Crippen LogP contribution is -2.23. The fourth-order valence-electron chi connectivity index (χ4n) is 1.93. The maximum atomic E-state index is 5.71. The minimum absolute atomic E-state index is 0.421. The fourth-order valence-corrected chi connectivity index (χ4v) is 1.93. The van der Waals surface area contributed by atoms with Crippen LogP contribution in [0.5, 0.6) is 5.75 Å². The van der Waals surface area contributed by atoms with E-state index in [9.17, 15) is 0 Å². The Balaban J connectivity index is 1.83. The molecule has 1 aliphatic rings. The molecular weight excluding hydrogens is 238 g/mol. The maximum absolute atomic E-state index is 5.71. The van der Waals surface area contributed by atoms with Crippen molar-refractivity contribution < 1.29 is 4.74 Å². The summed E-state index contributed by atoms with van der Waals surface area (Å²) in [4.78, 5) is 4.53. The summed E-state index contributed by atoms with van der Waals surface area (Å²) in [5, 5.41) is 3.26. The van der Waals surface area contributed by atoms with Crippen LogP contribution in [0.2, 0.25) is 0 Å². The molecule has 3 N–H and O–H groups in total. The van der Waals surface area contributed by atoms with Gasteiger partial charge in [0, 0.05) is 17.4 Å². The molecule has 1 heterocycles. The molecule has 0 saturated carbocycles. The number of aliphatic imine (C=N–C) groups is 1. The topological polar surface area (TPSA) is 59.6 Å². The van der Waals surface area contributed by atoms with E-state index in [4.69, 9.17) is 10.5 Å². The molecule has 19 heavy (non-hydrogen) atoms. The molecule has 0 aromatic heterocycles. The van der Waals surface area contributed by atoms with Gasteiger partial charge in [0.15, 0.2) is 0 Å². The van der Waals surface area contributed by atoms with Crippen LogP contribution < -0.4 is 15.8 Å². The zero-order valence-corrected chi connectivity index (χ0v) is 10.7. The predicted molar refractivity (Wildman–Crippen MR) is 78.2 cm³/mol. The molecule has 0 atom stereocenters. The Hall–Kier alpha value is -2.49. The molecular formula is C15H15N3O. The number of anilines is 2. The molecule has 0 fully saturated rings. The van der Waals surface area contributed by atoms with Crippen LogP contribution in [0.4, 0.5) is 17.1 Å². The number of benzene rings is 2. The van der Waals surface area contributed by atoms with Gasteiger partial charge < -0.3 is 15.8 Å². The van der Waals surface area contributed by atoms with E-state index in [-0.39, 0.29) is 0 Å². The molecule has 0 aliphatic carbocycles. The Morgan fingerprint density at radius 3 is 2.74 bits per heavy atom. The molecule has 1 aliphatic heterocycles. The standard InChI is InChI=1S/C15H15N3O/c1-10-2-5-12(6-3-10)17-15-9-19-14-8-11(16)4-7-13(14)18-15/h2-8H,9,16H2,1H3,(H,17,18). The minimum atomic E-state index is 0.421. The molecule has 0 spiro atoms. The number of hydrogen-bond donors (Lipinski definition) is 2. The second kappa shape index (κ2) is 4.65. The number of ether oxygens (including phenoxy) is 1. The Labute approximate surface area is 111 Å². The summed E-state index contributed by atoms with van der Waals surface area (Å²) >= 11 is 0. The molecule has 0 bridgehead atoms. The van der Waals surface area contributed by atoms with Gasteiger partial charge in [0.2, 0.25) is 0 Å².